The van der Waals surface area contributed by atoms with Crippen molar-refractivity contribution < 1.29 is 34.2 Å². The summed E-state index contributed by atoms with van der Waals surface area (Å²) in [5.74, 6) is -3.30. The first-order chi connectivity index (χ1) is 15.2. The molecule has 7 nitrogen and oxygen atoms in total. The van der Waals surface area contributed by atoms with Crippen LogP contribution in [-0.2, 0) is 14.4 Å². The lowest BCUT2D eigenvalue weighted by molar-refractivity contribution is -0.973. The Bertz CT molecular complexity index is 529. The fourth-order valence-electron chi connectivity index (χ4n) is 4.85. The molecule has 0 aromatic carbocycles. The Morgan fingerprint density at radius 2 is 1.00 bits per heavy atom. The number of nitrogens with zero attached hydrogens (tertiary/aromatic N) is 1. The predicted octanol–water partition coefficient (Wildman–Crippen LogP) is 5.48. The molecule has 0 fully saturated rings. The highest BCUT2D eigenvalue weighted by atomic mass is 16.4. The van der Waals surface area contributed by atoms with Crippen molar-refractivity contribution in [1.29, 1.82) is 0 Å². The molecule has 186 valence electrons. The third-order valence-corrected chi connectivity index (χ3v) is 6.34. The molecule has 0 aliphatic carbocycles. The minimum atomic E-state index is -1.10. The topological polar surface area (TPSA) is 112 Å². The van der Waals surface area contributed by atoms with Gasteiger partial charge in [0.25, 0.3) is 0 Å². The molecule has 0 rings (SSSR count). The predicted molar refractivity (Wildman–Crippen MR) is 127 cm³/mol. The van der Waals surface area contributed by atoms with E-state index in [9.17, 15) is 29.7 Å². The van der Waals surface area contributed by atoms with Gasteiger partial charge >= 0.3 is 17.9 Å². The van der Waals surface area contributed by atoms with Crippen molar-refractivity contribution >= 4 is 17.9 Å². The van der Waals surface area contributed by atoms with Crippen molar-refractivity contribution in [1.82, 2.24) is 0 Å². The fourth-order valence-corrected chi connectivity index (χ4v) is 4.85. The van der Waals surface area contributed by atoms with E-state index in [1.807, 2.05) is 20.8 Å². The van der Waals surface area contributed by atoms with Gasteiger partial charge in [0.1, 0.15) is 0 Å². The second-order valence-electron chi connectivity index (χ2n) is 8.76. The van der Waals surface area contributed by atoms with Gasteiger partial charge in [-0.1, -0.05) is 52.7 Å². The lowest BCUT2D eigenvalue weighted by Crippen LogP contribution is -2.72. The first kappa shape index (κ1) is 30.1. The second kappa shape index (κ2) is 16.7. The normalized spacial score (nSPS) is 16.4. The van der Waals surface area contributed by atoms with Crippen LogP contribution in [0.15, 0.2) is 12.2 Å². The van der Waals surface area contributed by atoms with Crippen LogP contribution in [0, 0.1) is 0 Å². The number of aliphatic carboxylic acids is 3. The minimum Gasteiger partial charge on any atom is -0.477 e. The monoisotopic (exact) mass is 456 g/mol. The number of carboxylic acid groups (broad SMARTS) is 3. The first-order valence-corrected chi connectivity index (χ1v) is 12.4. The maximum absolute atomic E-state index is 12.4. The quantitative estimate of drug-likeness (QED) is 0.127. The smallest absolute Gasteiger partial charge is 0.362 e. The summed E-state index contributed by atoms with van der Waals surface area (Å²) < 4.78 is -0.394. The Balaban J connectivity index is 6.22. The van der Waals surface area contributed by atoms with Gasteiger partial charge < -0.3 is 15.3 Å². The second-order valence-corrected chi connectivity index (χ2v) is 8.76. The van der Waals surface area contributed by atoms with Crippen LogP contribution in [0.1, 0.15) is 105 Å². The standard InChI is InChI=1S/C25H45NO6/c1-5-9-10-11-12-13-14-15-19-26(20(16-6-2)23(27)28,21(17-7-3)24(29)30)22(18-8-4)25(31)32/h11-12,20-22H,5-10,13-19H2,1-4H3,(H2-,27,28,29,30,31,32)/p+1/b12-11+. The van der Waals surface area contributed by atoms with E-state index in [0.717, 1.165) is 32.1 Å². The van der Waals surface area contributed by atoms with Gasteiger partial charge in [0, 0.05) is 19.3 Å². The highest BCUT2D eigenvalue weighted by Gasteiger charge is 2.56. The number of hydrogen-bond acceptors (Lipinski definition) is 3. The van der Waals surface area contributed by atoms with E-state index in [4.69, 9.17) is 0 Å². The molecule has 3 atom stereocenters. The van der Waals surface area contributed by atoms with Crippen LogP contribution in [0.2, 0.25) is 0 Å². The Labute approximate surface area is 194 Å². The van der Waals surface area contributed by atoms with Crippen molar-refractivity contribution in [3.8, 4) is 0 Å². The Kier molecular flexibility index (Phi) is 15.7. The van der Waals surface area contributed by atoms with Crippen molar-refractivity contribution in [3.05, 3.63) is 12.2 Å². The van der Waals surface area contributed by atoms with Crippen molar-refractivity contribution in [2.75, 3.05) is 6.54 Å². The van der Waals surface area contributed by atoms with Crippen LogP contribution >= 0.6 is 0 Å². The highest BCUT2D eigenvalue weighted by molar-refractivity contribution is 5.78. The van der Waals surface area contributed by atoms with Crippen LogP contribution in [0.5, 0.6) is 0 Å². The zero-order valence-corrected chi connectivity index (χ0v) is 20.6. The van der Waals surface area contributed by atoms with Gasteiger partial charge in [-0.25, -0.2) is 14.4 Å². The summed E-state index contributed by atoms with van der Waals surface area (Å²) in [6.45, 7) is 7.96. The lowest BCUT2D eigenvalue weighted by atomic mass is 9.91. The SMILES string of the molecule is CCCC/C=C/CCCC[N+](C(CCC)C(=O)O)(C(CCC)C(=O)O)C(CCC)C(=O)O. The molecule has 3 unspecified atom stereocenters. The summed E-state index contributed by atoms with van der Waals surface area (Å²) in [5, 5.41) is 30.4. The Hall–Kier alpha value is -1.89. The molecule has 0 aliphatic heterocycles. The van der Waals surface area contributed by atoms with Gasteiger partial charge in [-0.05, 0) is 44.9 Å². The van der Waals surface area contributed by atoms with Crippen molar-refractivity contribution in [3.63, 3.8) is 0 Å². The van der Waals surface area contributed by atoms with E-state index in [1.54, 1.807) is 0 Å². The largest absolute Gasteiger partial charge is 0.477 e. The van der Waals surface area contributed by atoms with Gasteiger partial charge in [-0.3, -0.25) is 4.48 Å². The molecule has 0 saturated heterocycles. The van der Waals surface area contributed by atoms with E-state index in [2.05, 4.69) is 19.1 Å². The molecule has 0 aliphatic rings. The van der Waals surface area contributed by atoms with Gasteiger partial charge in [0.05, 0.1) is 6.54 Å². The molecule has 3 N–H and O–H groups in total. The first-order valence-electron chi connectivity index (χ1n) is 12.4. The van der Waals surface area contributed by atoms with Crippen LogP contribution in [0.25, 0.3) is 0 Å². The van der Waals surface area contributed by atoms with E-state index < -0.39 is 40.5 Å². The molecular weight excluding hydrogens is 410 g/mol. The summed E-state index contributed by atoms with van der Waals surface area (Å²) in [7, 11) is 0. The summed E-state index contributed by atoms with van der Waals surface area (Å²) in [5.41, 5.74) is 0. The van der Waals surface area contributed by atoms with Crippen molar-refractivity contribution in [2.24, 2.45) is 0 Å². The maximum atomic E-state index is 12.4. The van der Waals surface area contributed by atoms with E-state index in [-0.39, 0.29) is 25.8 Å². The van der Waals surface area contributed by atoms with Gasteiger partial charge in [-0.2, -0.15) is 0 Å². The molecule has 0 aromatic heterocycles. The molecule has 7 heteroatoms. The summed E-state index contributed by atoms with van der Waals surface area (Å²) in [6.07, 6.45) is 12.2. The molecule has 0 amide bonds. The molecule has 0 saturated carbocycles. The average Bonchev–Trinajstić information content (AvgIpc) is 2.73. The molecule has 0 heterocycles. The number of quaternary nitrogens is 1. The molecule has 0 aromatic rings. The highest BCUT2D eigenvalue weighted by Crippen LogP contribution is 2.34. The summed E-state index contributed by atoms with van der Waals surface area (Å²) in [4.78, 5) is 37.3. The van der Waals surface area contributed by atoms with Crippen LogP contribution in [0.4, 0.5) is 0 Å². The Morgan fingerprint density at radius 3 is 1.31 bits per heavy atom. The van der Waals surface area contributed by atoms with E-state index in [0.29, 0.717) is 25.7 Å². The zero-order chi connectivity index (χ0) is 24.6. The molecule has 0 bridgehead atoms. The maximum Gasteiger partial charge on any atom is 0.362 e. The number of allylic oxidation sites excluding steroid dienone is 2. The summed E-state index contributed by atoms with van der Waals surface area (Å²) >= 11 is 0. The zero-order valence-electron chi connectivity index (χ0n) is 20.6. The number of rotatable bonds is 20. The Morgan fingerprint density at radius 1 is 0.625 bits per heavy atom. The number of carbonyl (C=O) groups is 3. The minimum absolute atomic E-state index is 0.244. The van der Waals surface area contributed by atoms with Crippen molar-refractivity contribution in [2.45, 2.75) is 123 Å². The summed E-state index contributed by atoms with van der Waals surface area (Å²) in [6, 6.07) is -3.17. The third-order valence-electron chi connectivity index (χ3n) is 6.34. The number of unbranched alkanes of at least 4 members (excludes halogenated alkanes) is 4. The van der Waals surface area contributed by atoms with Crippen LogP contribution in [-0.4, -0.2) is 62.4 Å². The number of carboxylic acids is 3. The number of hydrogen-bond donors (Lipinski definition) is 3. The third kappa shape index (κ3) is 8.93. The van der Waals surface area contributed by atoms with Crippen LogP contribution in [0.3, 0.4) is 0 Å². The molecule has 0 spiro atoms. The van der Waals surface area contributed by atoms with Crippen LogP contribution < -0.4 is 0 Å². The van der Waals surface area contributed by atoms with Gasteiger partial charge in [-0.15, -0.1) is 0 Å². The lowest BCUT2D eigenvalue weighted by Gasteiger charge is -2.50. The van der Waals surface area contributed by atoms with Gasteiger partial charge in [0.2, 0.25) is 0 Å². The fraction of sp³-hybridized carbons (Fsp3) is 0.800. The molecule has 0 radical (unpaired) electrons. The van der Waals surface area contributed by atoms with E-state index in [1.165, 1.54) is 0 Å². The van der Waals surface area contributed by atoms with E-state index >= 15 is 0 Å². The molecular formula is C25H46NO6+. The molecule has 32 heavy (non-hydrogen) atoms. The van der Waals surface area contributed by atoms with Gasteiger partial charge in [0.15, 0.2) is 18.1 Å². The average molecular weight is 457 g/mol.